The van der Waals surface area contributed by atoms with E-state index in [1.807, 2.05) is 29.2 Å². The van der Waals surface area contributed by atoms with Crippen LogP contribution in [0.25, 0.3) is 0 Å². The van der Waals surface area contributed by atoms with Crippen molar-refractivity contribution in [3.63, 3.8) is 0 Å². The summed E-state index contributed by atoms with van der Waals surface area (Å²) in [6.45, 7) is 2.81. The Bertz CT molecular complexity index is 774. The third-order valence-electron chi connectivity index (χ3n) is 3.81. The van der Waals surface area contributed by atoms with Crippen molar-refractivity contribution in [1.82, 2.24) is 14.9 Å². The lowest BCUT2D eigenvalue weighted by molar-refractivity contribution is -0.128. The van der Waals surface area contributed by atoms with Crippen LogP contribution in [0.15, 0.2) is 46.5 Å². The van der Waals surface area contributed by atoms with E-state index in [4.69, 9.17) is 11.6 Å². The van der Waals surface area contributed by atoms with Gasteiger partial charge in [0.2, 0.25) is 5.91 Å². The molecule has 0 radical (unpaired) electrons. The number of nitrogens with one attached hydrogen (secondary N) is 1. The third kappa shape index (κ3) is 4.10. The maximum Gasteiger partial charge on any atom is 0.251 e. The molecule has 3 rings (SSSR count). The molecule has 0 aliphatic carbocycles. The minimum Gasteiger partial charge on any atom is -0.367 e. The zero-order valence-electron chi connectivity index (χ0n) is 12.9. The molecule has 6 nitrogen and oxygen atoms in total. The molecule has 2 aromatic rings. The van der Waals surface area contributed by atoms with Gasteiger partial charge in [0, 0.05) is 38.4 Å². The number of halogens is 1. The fourth-order valence-corrected chi connectivity index (χ4v) is 3.56. The molecule has 1 aromatic carbocycles. The number of thioether (sulfide) groups is 1. The molecule has 0 spiro atoms. The van der Waals surface area contributed by atoms with Gasteiger partial charge in [-0.05, 0) is 12.1 Å². The van der Waals surface area contributed by atoms with Crippen LogP contribution in [0.4, 0.5) is 5.69 Å². The number of anilines is 1. The molecule has 1 amide bonds. The number of carbonyl (C=O) groups is 1. The van der Waals surface area contributed by atoms with E-state index in [2.05, 4.69) is 14.9 Å². The zero-order chi connectivity index (χ0) is 16.9. The highest BCUT2D eigenvalue weighted by molar-refractivity contribution is 7.99. The van der Waals surface area contributed by atoms with Crippen molar-refractivity contribution in [2.24, 2.45) is 0 Å². The first-order chi connectivity index (χ1) is 11.6. The average Bonchev–Trinajstić information content (AvgIpc) is 2.60. The van der Waals surface area contributed by atoms with Gasteiger partial charge in [0.1, 0.15) is 0 Å². The second-order valence-electron chi connectivity index (χ2n) is 5.35. The highest BCUT2D eigenvalue weighted by atomic mass is 35.5. The number of nitrogens with zero attached hydrogens (tertiary/aromatic N) is 3. The Morgan fingerprint density at radius 1 is 1.21 bits per heavy atom. The number of hydrogen-bond donors (Lipinski definition) is 1. The second-order valence-corrected chi connectivity index (χ2v) is 6.72. The van der Waals surface area contributed by atoms with E-state index in [-0.39, 0.29) is 17.2 Å². The number of aromatic amines is 1. The van der Waals surface area contributed by atoms with Gasteiger partial charge in [-0.2, -0.15) is 0 Å². The SMILES string of the molecule is O=C(CSc1nccc(=O)[nH]1)N1CCN(c2ccccc2Cl)CC1. The number of hydrogen-bond acceptors (Lipinski definition) is 5. The van der Waals surface area contributed by atoms with Gasteiger partial charge in [0.25, 0.3) is 5.56 Å². The van der Waals surface area contributed by atoms with E-state index in [1.54, 1.807) is 0 Å². The molecular weight excluding hydrogens is 348 g/mol. The van der Waals surface area contributed by atoms with Gasteiger partial charge in [0.15, 0.2) is 5.16 Å². The van der Waals surface area contributed by atoms with E-state index < -0.39 is 0 Å². The molecular formula is C16H17ClN4O2S. The molecule has 1 aromatic heterocycles. The van der Waals surface area contributed by atoms with Crippen LogP contribution in [0.5, 0.6) is 0 Å². The van der Waals surface area contributed by atoms with Crippen molar-refractivity contribution in [3.8, 4) is 0 Å². The van der Waals surface area contributed by atoms with Gasteiger partial charge in [-0.3, -0.25) is 9.59 Å². The van der Waals surface area contributed by atoms with Crippen LogP contribution < -0.4 is 10.5 Å². The third-order valence-corrected chi connectivity index (χ3v) is 5.00. The summed E-state index contributed by atoms with van der Waals surface area (Å²) in [5, 5.41) is 1.19. The summed E-state index contributed by atoms with van der Waals surface area (Å²) < 4.78 is 0. The average molecular weight is 365 g/mol. The van der Waals surface area contributed by atoms with Crippen molar-refractivity contribution in [2.45, 2.75) is 5.16 Å². The molecule has 1 saturated heterocycles. The van der Waals surface area contributed by atoms with Gasteiger partial charge in [-0.1, -0.05) is 35.5 Å². The molecule has 0 atom stereocenters. The molecule has 0 saturated carbocycles. The van der Waals surface area contributed by atoms with Crippen molar-refractivity contribution in [1.29, 1.82) is 0 Å². The van der Waals surface area contributed by atoms with E-state index >= 15 is 0 Å². The number of amides is 1. The molecule has 1 fully saturated rings. The smallest absolute Gasteiger partial charge is 0.251 e. The van der Waals surface area contributed by atoms with Gasteiger partial charge in [-0.25, -0.2) is 4.98 Å². The Kier molecular flexibility index (Phi) is 5.42. The molecule has 1 N–H and O–H groups in total. The van der Waals surface area contributed by atoms with Crippen LogP contribution in [-0.2, 0) is 4.79 Å². The van der Waals surface area contributed by atoms with Gasteiger partial charge < -0.3 is 14.8 Å². The summed E-state index contributed by atoms with van der Waals surface area (Å²) in [7, 11) is 0. The second kappa shape index (κ2) is 7.72. The summed E-state index contributed by atoms with van der Waals surface area (Å²) in [5.74, 6) is 0.310. The summed E-state index contributed by atoms with van der Waals surface area (Å²) in [6, 6.07) is 9.08. The number of piperazine rings is 1. The van der Waals surface area contributed by atoms with Crippen LogP contribution >= 0.6 is 23.4 Å². The monoisotopic (exact) mass is 364 g/mol. The highest BCUT2D eigenvalue weighted by Gasteiger charge is 2.22. The molecule has 1 aliphatic rings. The van der Waals surface area contributed by atoms with E-state index in [0.717, 1.165) is 23.8 Å². The lowest BCUT2D eigenvalue weighted by Crippen LogP contribution is -2.49. The van der Waals surface area contributed by atoms with Gasteiger partial charge >= 0.3 is 0 Å². The number of para-hydroxylation sites is 1. The van der Waals surface area contributed by atoms with Crippen LogP contribution in [0.1, 0.15) is 0 Å². The number of carbonyl (C=O) groups excluding carboxylic acids is 1. The fourth-order valence-electron chi connectivity index (χ4n) is 2.55. The Hall–Kier alpha value is -1.99. The lowest BCUT2D eigenvalue weighted by Gasteiger charge is -2.36. The molecule has 0 unspecified atom stereocenters. The van der Waals surface area contributed by atoms with Crippen molar-refractivity contribution in [3.05, 3.63) is 51.9 Å². The number of rotatable bonds is 4. The number of H-pyrrole nitrogens is 1. The Morgan fingerprint density at radius 2 is 1.96 bits per heavy atom. The predicted octanol–water partition coefficient (Wildman–Crippen LogP) is 1.86. The van der Waals surface area contributed by atoms with Crippen molar-refractivity contribution in [2.75, 3.05) is 36.8 Å². The molecule has 126 valence electrons. The molecule has 1 aliphatic heterocycles. The number of aromatic nitrogens is 2. The normalized spacial score (nSPS) is 14.7. The fraction of sp³-hybridized carbons (Fsp3) is 0.312. The number of benzene rings is 1. The Labute approximate surface area is 148 Å². The minimum atomic E-state index is -0.215. The van der Waals surface area contributed by atoms with E-state index in [0.29, 0.717) is 18.2 Å². The van der Waals surface area contributed by atoms with Crippen LogP contribution in [-0.4, -0.2) is 52.7 Å². The zero-order valence-corrected chi connectivity index (χ0v) is 14.5. The molecule has 0 bridgehead atoms. The van der Waals surface area contributed by atoms with Gasteiger partial charge in [0.05, 0.1) is 16.5 Å². The first-order valence-corrected chi connectivity index (χ1v) is 8.95. The molecule has 2 heterocycles. The highest BCUT2D eigenvalue weighted by Crippen LogP contribution is 2.26. The Morgan fingerprint density at radius 3 is 2.67 bits per heavy atom. The topological polar surface area (TPSA) is 69.3 Å². The predicted molar refractivity (Wildman–Crippen MR) is 95.8 cm³/mol. The summed E-state index contributed by atoms with van der Waals surface area (Å²) in [6.07, 6.45) is 1.44. The van der Waals surface area contributed by atoms with Crippen molar-refractivity contribution < 1.29 is 4.79 Å². The molecule has 24 heavy (non-hydrogen) atoms. The lowest BCUT2D eigenvalue weighted by atomic mass is 10.2. The maximum atomic E-state index is 12.3. The first-order valence-electron chi connectivity index (χ1n) is 7.59. The van der Waals surface area contributed by atoms with Crippen LogP contribution in [0.3, 0.4) is 0 Å². The Balaban J connectivity index is 1.52. The summed E-state index contributed by atoms with van der Waals surface area (Å²) >= 11 is 7.47. The van der Waals surface area contributed by atoms with Crippen LogP contribution in [0, 0.1) is 0 Å². The first kappa shape index (κ1) is 16.9. The maximum absolute atomic E-state index is 12.3. The minimum absolute atomic E-state index is 0.0466. The van der Waals surface area contributed by atoms with Crippen molar-refractivity contribution >= 4 is 35.0 Å². The largest absolute Gasteiger partial charge is 0.367 e. The van der Waals surface area contributed by atoms with Crippen LogP contribution in [0.2, 0.25) is 5.02 Å². The summed E-state index contributed by atoms with van der Waals surface area (Å²) in [5.41, 5.74) is 0.792. The standard InChI is InChI=1S/C16H17ClN4O2S/c17-12-3-1-2-4-13(12)20-7-9-21(10-8-20)15(23)11-24-16-18-6-5-14(22)19-16/h1-6H,7-11H2,(H,18,19,22). The van der Waals surface area contributed by atoms with E-state index in [9.17, 15) is 9.59 Å². The summed E-state index contributed by atoms with van der Waals surface area (Å²) in [4.78, 5) is 34.2. The van der Waals surface area contributed by atoms with E-state index in [1.165, 1.54) is 24.0 Å². The quantitative estimate of drug-likeness (QED) is 0.662. The van der Waals surface area contributed by atoms with Gasteiger partial charge in [-0.15, -0.1) is 0 Å². The molecule has 8 heteroatoms.